The molecule has 0 saturated carbocycles. The molecule has 2 aromatic carbocycles. The number of benzene rings is 2. The van der Waals surface area contributed by atoms with Crippen molar-refractivity contribution in [3.8, 4) is 5.75 Å². The molecule has 1 N–H and O–H groups in total. The van der Waals surface area contributed by atoms with Crippen LogP contribution in [-0.4, -0.2) is 28.8 Å². The van der Waals surface area contributed by atoms with Crippen molar-refractivity contribution < 1.29 is 24.2 Å². The Morgan fingerprint density at radius 3 is 2.54 bits per heavy atom. The molecule has 8 heteroatoms. The smallest absolute Gasteiger partial charge is 0.341 e. The Kier molecular flexibility index (Phi) is 5.29. The molecule has 1 aliphatic rings. The van der Waals surface area contributed by atoms with Gasteiger partial charge >= 0.3 is 5.97 Å². The number of carbonyl (C=O) groups excluding carboxylic acids is 2. The first kappa shape index (κ1) is 18.0. The maximum Gasteiger partial charge on any atom is 0.341 e. The summed E-state index contributed by atoms with van der Waals surface area (Å²) in [7, 11) is 0. The lowest BCUT2D eigenvalue weighted by Gasteiger charge is -2.12. The van der Waals surface area contributed by atoms with E-state index < -0.39 is 23.7 Å². The Bertz CT molecular complexity index is 910. The fraction of sp³-hybridized carbons (Fsp3) is 0.0556. The lowest BCUT2D eigenvalue weighted by molar-refractivity contribution is -0.139. The number of aliphatic carboxylic acids is 1. The molecule has 2 aromatic rings. The van der Waals surface area contributed by atoms with Gasteiger partial charge in [-0.3, -0.25) is 9.59 Å². The highest BCUT2D eigenvalue weighted by atomic mass is 35.5. The van der Waals surface area contributed by atoms with Gasteiger partial charge in [-0.15, -0.1) is 0 Å². The molecular weight excluding hydrogens is 378 g/mol. The van der Waals surface area contributed by atoms with Crippen LogP contribution in [0.5, 0.6) is 5.75 Å². The lowest BCUT2D eigenvalue weighted by Crippen LogP contribution is -2.27. The van der Waals surface area contributed by atoms with Crippen LogP contribution in [0.2, 0.25) is 5.02 Å². The maximum atomic E-state index is 12.6. The predicted octanol–water partition coefficient (Wildman–Crippen LogP) is 4.04. The molecule has 1 aliphatic heterocycles. The first-order valence-corrected chi connectivity index (χ1v) is 8.62. The Balaban J connectivity index is 1.89. The zero-order valence-electron chi connectivity index (χ0n) is 13.2. The van der Waals surface area contributed by atoms with Gasteiger partial charge in [0, 0.05) is 10.6 Å². The number of hydrogen-bond donors (Lipinski definition) is 1. The average Bonchev–Trinajstić information content (AvgIpc) is 2.89. The van der Waals surface area contributed by atoms with Crippen molar-refractivity contribution in [3.05, 3.63) is 64.0 Å². The molecule has 1 saturated heterocycles. The molecule has 1 fully saturated rings. The number of hydrogen-bond acceptors (Lipinski definition) is 5. The van der Waals surface area contributed by atoms with E-state index in [1.165, 1.54) is 6.08 Å². The first-order chi connectivity index (χ1) is 12.5. The second kappa shape index (κ2) is 7.63. The molecule has 6 nitrogen and oxygen atoms in total. The van der Waals surface area contributed by atoms with Gasteiger partial charge in [-0.2, -0.15) is 0 Å². The third kappa shape index (κ3) is 3.89. The van der Waals surface area contributed by atoms with Crippen LogP contribution >= 0.6 is 23.4 Å². The molecule has 0 aliphatic carbocycles. The van der Waals surface area contributed by atoms with Crippen LogP contribution < -0.4 is 9.64 Å². The number of imide groups is 1. The average molecular weight is 390 g/mol. The third-order valence-corrected chi connectivity index (χ3v) is 4.56. The fourth-order valence-corrected chi connectivity index (χ4v) is 3.25. The number of thioether (sulfide) groups is 1. The molecule has 1 heterocycles. The molecule has 0 spiro atoms. The molecule has 0 bridgehead atoms. The molecule has 0 radical (unpaired) electrons. The number of carboxylic acids is 1. The number of carbonyl (C=O) groups is 3. The van der Waals surface area contributed by atoms with E-state index in [-0.39, 0.29) is 4.91 Å². The summed E-state index contributed by atoms with van der Waals surface area (Å²) >= 11 is 6.64. The van der Waals surface area contributed by atoms with E-state index >= 15 is 0 Å². The molecule has 0 aromatic heterocycles. The summed E-state index contributed by atoms with van der Waals surface area (Å²) in [6, 6.07) is 13.1. The van der Waals surface area contributed by atoms with E-state index in [4.69, 9.17) is 21.4 Å². The minimum atomic E-state index is -1.11. The number of rotatable bonds is 5. The molecule has 0 atom stereocenters. The number of para-hydroxylation sites is 1. The van der Waals surface area contributed by atoms with Gasteiger partial charge in [-0.05, 0) is 48.2 Å². The van der Waals surface area contributed by atoms with Crippen molar-refractivity contribution in [2.75, 3.05) is 11.5 Å². The molecule has 132 valence electrons. The second-order valence-electron chi connectivity index (χ2n) is 5.21. The third-order valence-electron chi connectivity index (χ3n) is 3.44. The second-order valence-corrected chi connectivity index (χ2v) is 6.64. The van der Waals surface area contributed by atoms with Crippen molar-refractivity contribution in [2.24, 2.45) is 0 Å². The van der Waals surface area contributed by atoms with Gasteiger partial charge in [0.15, 0.2) is 6.61 Å². The normalized spacial score (nSPS) is 15.6. The van der Waals surface area contributed by atoms with Gasteiger partial charge in [0.25, 0.3) is 11.1 Å². The SMILES string of the molecule is O=C(O)COc1ccccc1/C=C1/SC(=O)N(c2ccc(Cl)cc2)C1=O. The lowest BCUT2D eigenvalue weighted by atomic mass is 10.2. The van der Waals surface area contributed by atoms with Gasteiger partial charge in [-0.25, -0.2) is 9.69 Å². The van der Waals surface area contributed by atoms with Crippen LogP contribution in [0, 0.1) is 0 Å². The Morgan fingerprint density at radius 1 is 1.15 bits per heavy atom. The molecule has 2 amide bonds. The molecule has 0 unspecified atom stereocenters. The fourth-order valence-electron chi connectivity index (χ4n) is 2.29. The Labute approximate surface area is 158 Å². The highest BCUT2D eigenvalue weighted by molar-refractivity contribution is 8.19. The Morgan fingerprint density at radius 2 is 1.85 bits per heavy atom. The summed E-state index contributed by atoms with van der Waals surface area (Å²) in [5.41, 5.74) is 0.936. The number of anilines is 1. The van der Waals surface area contributed by atoms with Gasteiger partial charge < -0.3 is 9.84 Å². The van der Waals surface area contributed by atoms with E-state index in [0.29, 0.717) is 22.0 Å². The van der Waals surface area contributed by atoms with E-state index in [9.17, 15) is 14.4 Å². The number of ether oxygens (including phenoxy) is 1. The summed E-state index contributed by atoms with van der Waals surface area (Å²) in [6.07, 6.45) is 1.51. The van der Waals surface area contributed by atoms with E-state index in [1.54, 1.807) is 48.5 Å². The highest BCUT2D eigenvalue weighted by Gasteiger charge is 2.36. The van der Waals surface area contributed by atoms with Crippen LogP contribution in [0.3, 0.4) is 0 Å². The minimum absolute atomic E-state index is 0.219. The predicted molar refractivity (Wildman–Crippen MR) is 99.5 cm³/mol. The first-order valence-electron chi connectivity index (χ1n) is 7.43. The summed E-state index contributed by atoms with van der Waals surface area (Å²) < 4.78 is 5.22. The van der Waals surface area contributed by atoms with Gasteiger partial charge in [0.2, 0.25) is 0 Å². The van der Waals surface area contributed by atoms with E-state index in [1.807, 2.05) is 0 Å². The number of halogens is 1. The Hall–Kier alpha value is -2.77. The number of nitrogens with zero attached hydrogens (tertiary/aromatic N) is 1. The standard InChI is InChI=1S/C18H12ClNO5S/c19-12-5-7-13(8-6-12)20-17(23)15(26-18(20)24)9-11-3-1-2-4-14(11)25-10-16(21)22/h1-9H,10H2,(H,21,22)/b15-9+. The zero-order valence-corrected chi connectivity index (χ0v) is 14.8. The van der Waals surface area contributed by atoms with Crippen LogP contribution in [-0.2, 0) is 9.59 Å². The van der Waals surface area contributed by atoms with Crippen LogP contribution in [0.25, 0.3) is 6.08 Å². The largest absolute Gasteiger partial charge is 0.481 e. The monoisotopic (exact) mass is 389 g/mol. The van der Waals surface area contributed by atoms with Crippen LogP contribution in [0.15, 0.2) is 53.4 Å². The van der Waals surface area contributed by atoms with Crippen molar-refractivity contribution >= 4 is 52.2 Å². The minimum Gasteiger partial charge on any atom is -0.481 e. The summed E-state index contributed by atoms with van der Waals surface area (Å²) in [4.78, 5) is 36.9. The maximum absolute atomic E-state index is 12.6. The van der Waals surface area contributed by atoms with Gasteiger partial charge in [-0.1, -0.05) is 29.8 Å². The van der Waals surface area contributed by atoms with E-state index in [2.05, 4.69) is 0 Å². The van der Waals surface area contributed by atoms with Crippen molar-refractivity contribution in [3.63, 3.8) is 0 Å². The van der Waals surface area contributed by atoms with Gasteiger partial charge in [0.1, 0.15) is 5.75 Å². The molecule has 3 rings (SSSR count). The molecule has 26 heavy (non-hydrogen) atoms. The molecular formula is C18H12ClNO5S. The van der Waals surface area contributed by atoms with Crippen molar-refractivity contribution in [1.29, 1.82) is 0 Å². The number of amides is 2. The topological polar surface area (TPSA) is 83.9 Å². The summed E-state index contributed by atoms with van der Waals surface area (Å²) in [5.74, 6) is -1.26. The highest BCUT2D eigenvalue weighted by Crippen LogP contribution is 2.37. The van der Waals surface area contributed by atoms with Crippen molar-refractivity contribution in [1.82, 2.24) is 0 Å². The quantitative estimate of drug-likeness (QED) is 0.777. The summed E-state index contributed by atoms with van der Waals surface area (Å²) in [5, 5.41) is 8.82. The summed E-state index contributed by atoms with van der Waals surface area (Å²) in [6.45, 7) is -0.503. The number of carboxylic acid groups (broad SMARTS) is 1. The van der Waals surface area contributed by atoms with Crippen LogP contribution in [0.4, 0.5) is 10.5 Å². The van der Waals surface area contributed by atoms with E-state index in [0.717, 1.165) is 16.7 Å². The van der Waals surface area contributed by atoms with Gasteiger partial charge in [0.05, 0.1) is 10.6 Å². The van der Waals surface area contributed by atoms with Crippen LogP contribution in [0.1, 0.15) is 5.56 Å². The zero-order chi connectivity index (χ0) is 18.7. The van der Waals surface area contributed by atoms with Crippen molar-refractivity contribution in [2.45, 2.75) is 0 Å².